The number of benzene rings is 2. The third kappa shape index (κ3) is 4.88. The molecule has 0 bridgehead atoms. The average Bonchev–Trinajstić information content (AvgIpc) is 3.94. The molecule has 0 radical (unpaired) electrons. The first-order chi connectivity index (χ1) is 21.4. The van der Waals surface area contributed by atoms with Crippen molar-refractivity contribution < 1.29 is 28.6 Å². The summed E-state index contributed by atoms with van der Waals surface area (Å²) in [6.07, 6.45) is 4.80. The predicted molar refractivity (Wildman–Crippen MR) is 165 cm³/mol. The third-order valence-electron chi connectivity index (χ3n) is 9.15. The number of nitrogens with zero attached hydrogens (tertiary/aromatic N) is 3. The van der Waals surface area contributed by atoms with Crippen LogP contribution in [0.1, 0.15) is 54.2 Å². The lowest BCUT2D eigenvalue weighted by atomic mass is 9.81. The quantitative estimate of drug-likeness (QED) is 0.221. The first-order valence-electron chi connectivity index (χ1n) is 14.6. The Morgan fingerprint density at radius 2 is 2.02 bits per heavy atom. The van der Waals surface area contributed by atoms with Crippen molar-refractivity contribution >= 4 is 45.9 Å². The zero-order valence-electron chi connectivity index (χ0n) is 24.5. The van der Waals surface area contributed by atoms with Crippen molar-refractivity contribution in [2.24, 2.45) is 11.7 Å². The van der Waals surface area contributed by atoms with Crippen molar-refractivity contribution in [2.45, 2.75) is 48.6 Å². The molecule has 45 heavy (non-hydrogen) atoms. The summed E-state index contributed by atoms with van der Waals surface area (Å²) in [7, 11) is 1.50. The first kappa shape index (κ1) is 29.8. The number of fused-ring (bicyclic) bond motifs is 2. The van der Waals surface area contributed by atoms with Gasteiger partial charge in [0, 0.05) is 28.3 Å². The van der Waals surface area contributed by atoms with Gasteiger partial charge in [0.05, 0.1) is 24.4 Å². The second-order valence-electron chi connectivity index (χ2n) is 12.3. The molecule has 10 nitrogen and oxygen atoms in total. The van der Waals surface area contributed by atoms with E-state index in [0.717, 1.165) is 12.8 Å². The van der Waals surface area contributed by atoms with Crippen LogP contribution in [0.3, 0.4) is 0 Å². The number of carbonyl (C=O) groups excluding carboxylic acids is 2. The molecule has 234 valence electrons. The summed E-state index contributed by atoms with van der Waals surface area (Å²) in [5, 5.41) is 20.3. The number of nitrogens with two attached hydrogens (primary N) is 1. The number of rotatable bonds is 9. The summed E-state index contributed by atoms with van der Waals surface area (Å²) in [5.74, 6) is -1.15. The molecule has 1 aliphatic heterocycles. The number of methoxy groups -OCH3 is 1. The van der Waals surface area contributed by atoms with Crippen molar-refractivity contribution in [1.29, 1.82) is 0 Å². The van der Waals surface area contributed by atoms with Gasteiger partial charge in [0.15, 0.2) is 0 Å². The van der Waals surface area contributed by atoms with Crippen LogP contribution in [-0.2, 0) is 20.8 Å². The lowest BCUT2D eigenvalue weighted by Gasteiger charge is -2.30. The van der Waals surface area contributed by atoms with E-state index in [-0.39, 0.29) is 35.5 Å². The highest BCUT2D eigenvalue weighted by atomic mass is 35.5. The Kier molecular flexibility index (Phi) is 6.81. The molecular formula is C32H30Cl2FN5O5. The summed E-state index contributed by atoms with van der Waals surface area (Å²) >= 11 is 12.7. The minimum atomic E-state index is -1.61. The second-order valence-corrected chi connectivity index (χ2v) is 13.4. The molecule has 4 aromatic rings. The number of hydrogen-bond acceptors (Lipinski definition) is 7. The van der Waals surface area contributed by atoms with Gasteiger partial charge in [-0.1, -0.05) is 23.2 Å². The molecule has 0 saturated heterocycles. The molecule has 0 spiro atoms. The van der Waals surface area contributed by atoms with E-state index in [4.69, 9.17) is 43.4 Å². The van der Waals surface area contributed by atoms with Crippen LogP contribution in [0, 0.1) is 11.7 Å². The van der Waals surface area contributed by atoms with E-state index >= 15 is 0 Å². The number of alkyl halides is 1. The van der Waals surface area contributed by atoms with Crippen LogP contribution in [0.15, 0.2) is 42.6 Å². The van der Waals surface area contributed by atoms with Gasteiger partial charge in [0.1, 0.15) is 51.1 Å². The number of hydrogen-bond donors (Lipinski definition) is 3. The smallest absolute Gasteiger partial charge is 0.251 e. The molecule has 2 aromatic carbocycles. The third-order valence-corrected chi connectivity index (χ3v) is 9.99. The Balaban J connectivity index is 1.25. The van der Waals surface area contributed by atoms with Crippen LogP contribution in [0.5, 0.6) is 11.5 Å². The maximum absolute atomic E-state index is 14.1. The minimum absolute atomic E-state index is 0.0327. The first-order valence-corrected chi connectivity index (χ1v) is 15.3. The molecule has 4 N–H and O–H groups in total. The second kappa shape index (κ2) is 10.3. The number of primary amides is 1. The van der Waals surface area contributed by atoms with Crippen LogP contribution in [0.25, 0.3) is 22.2 Å². The minimum Gasteiger partial charge on any atom is -0.494 e. The molecule has 2 atom stereocenters. The number of aliphatic hydroxyl groups is 1. The summed E-state index contributed by atoms with van der Waals surface area (Å²) in [6, 6.07) is 9.03. The van der Waals surface area contributed by atoms with E-state index in [1.54, 1.807) is 36.0 Å². The molecule has 3 heterocycles. The standard InChI is InChI=1S/C32H30Cl2FN5O5/c1-30(29(36)42)15-45-27-20(30)12-24(38-26(27)16-3-6-22(35)21(33)10-16)32(43,19-4-5-19)14-37-28(41)17-9-18-13-40(31(34)7-8-31)39-25(18)23(11-17)44-2/h3,6,9-13,19,43H,4-5,7-8,14-15H2,1-2H3,(H2,36,42)(H,37,41)/t30-,32+/m0/s1. The van der Waals surface area contributed by atoms with Crippen LogP contribution in [-0.4, -0.2) is 51.9 Å². The van der Waals surface area contributed by atoms with E-state index in [1.165, 1.54) is 25.3 Å². The summed E-state index contributed by atoms with van der Waals surface area (Å²) in [5.41, 5.74) is 5.27. The highest BCUT2D eigenvalue weighted by molar-refractivity contribution is 6.31. The van der Waals surface area contributed by atoms with Crippen molar-refractivity contribution in [1.82, 2.24) is 20.1 Å². The Hall–Kier alpha value is -3.93. The SMILES string of the molecule is COc1cc(C(=O)NC[C@](O)(c2cc3c(c(-c4ccc(F)c(Cl)c4)n2)OC[C@]3(C)C(N)=O)C2CC2)cc2cn(C3(Cl)CC3)nc12. The van der Waals surface area contributed by atoms with Gasteiger partial charge in [-0.15, -0.1) is 0 Å². The summed E-state index contributed by atoms with van der Waals surface area (Å²) in [4.78, 5) is 30.4. The predicted octanol–water partition coefficient (Wildman–Crippen LogP) is 4.75. The van der Waals surface area contributed by atoms with Gasteiger partial charge < -0.3 is 25.6 Å². The Labute approximate surface area is 267 Å². The number of nitrogens with one attached hydrogen (secondary N) is 1. The highest BCUT2D eigenvalue weighted by Crippen LogP contribution is 2.50. The Bertz CT molecular complexity index is 1910. The zero-order valence-corrected chi connectivity index (χ0v) is 26.0. The maximum Gasteiger partial charge on any atom is 0.251 e. The molecule has 2 saturated carbocycles. The van der Waals surface area contributed by atoms with Gasteiger partial charge >= 0.3 is 0 Å². The van der Waals surface area contributed by atoms with Gasteiger partial charge in [-0.3, -0.25) is 14.3 Å². The molecule has 2 fully saturated rings. The molecule has 7 rings (SSSR count). The highest BCUT2D eigenvalue weighted by Gasteiger charge is 2.50. The molecule has 2 aromatic heterocycles. The summed E-state index contributed by atoms with van der Waals surface area (Å²) < 4.78 is 27.2. The normalized spacial score (nSPS) is 21.1. The summed E-state index contributed by atoms with van der Waals surface area (Å²) in [6.45, 7) is 1.45. The van der Waals surface area contributed by atoms with E-state index in [1.807, 2.05) is 0 Å². The van der Waals surface area contributed by atoms with Gasteiger partial charge in [-0.25, -0.2) is 9.37 Å². The maximum atomic E-state index is 14.1. The lowest BCUT2D eigenvalue weighted by molar-refractivity contribution is -0.123. The molecule has 2 aliphatic carbocycles. The Morgan fingerprint density at radius 1 is 1.27 bits per heavy atom. The van der Waals surface area contributed by atoms with Crippen molar-refractivity contribution in [3.63, 3.8) is 0 Å². The van der Waals surface area contributed by atoms with Crippen molar-refractivity contribution in [3.05, 3.63) is 70.3 Å². The van der Waals surface area contributed by atoms with E-state index in [2.05, 4.69) is 10.4 Å². The number of pyridine rings is 1. The van der Waals surface area contributed by atoms with E-state index in [9.17, 15) is 19.1 Å². The van der Waals surface area contributed by atoms with Crippen LogP contribution < -0.4 is 20.5 Å². The fourth-order valence-electron chi connectivity index (χ4n) is 5.90. The fraction of sp³-hybridized carbons (Fsp3) is 0.375. The van der Waals surface area contributed by atoms with E-state index in [0.29, 0.717) is 51.9 Å². The molecule has 0 unspecified atom stereocenters. The van der Waals surface area contributed by atoms with Gasteiger partial charge in [-0.05, 0) is 74.9 Å². The number of amides is 2. The largest absolute Gasteiger partial charge is 0.494 e. The fourth-order valence-corrected chi connectivity index (χ4v) is 6.26. The van der Waals surface area contributed by atoms with Gasteiger partial charge in [0.2, 0.25) is 5.91 Å². The molecule has 3 aliphatic rings. The number of halogens is 3. The monoisotopic (exact) mass is 653 g/mol. The van der Waals surface area contributed by atoms with Crippen LogP contribution in [0.4, 0.5) is 4.39 Å². The number of ether oxygens (including phenoxy) is 2. The topological polar surface area (TPSA) is 142 Å². The van der Waals surface area contributed by atoms with E-state index < -0.39 is 33.6 Å². The van der Waals surface area contributed by atoms with Crippen LogP contribution >= 0.6 is 23.2 Å². The van der Waals surface area contributed by atoms with Crippen LogP contribution in [0.2, 0.25) is 5.02 Å². The number of carbonyl (C=O) groups is 2. The molecular weight excluding hydrogens is 624 g/mol. The average molecular weight is 655 g/mol. The number of aromatic nitrogens is 3. The van der Waals surface area contributed by atoms with Gasteiger partial charge in [0.25, 0.3) is 5.91 Å². The Morgan fingerprint density at radius 3 is 2.67 bits per heavy atom. The van der Waals surface area contributed by atoms with Crippen molar-refractivity contribution in [3.8, 4) is 22.8 Å². The van der Waals surface area contributed by atoms with Crippen molar-refractivity contribution in [2.75, 3.05) is 20.3 Å². The van der Waals surface area contributed by atoms with Gasteiger partial charge in [-0.2, -0.15) is 5.10 Å². The zero-order chi connectivity index (χ0) is 31.9. The lowest BCUT2D eigenvalue weighted by Crippen LogP contribution is -2.44. The molecule has 2 amide bonds. The molecule has 13 heteroatoms.